The van der Waals surface area contributed by atoms with Crippen molar-refractivity contribution in [3.05, 3.63) is 42.1 Å². The third-order valence-corrected chi connectivity index (χ3v) is 6.58. The van der Waals surface area contributed by atoms with Crippen LogP contribution in [0.5, 0.6) is 0 Å². The number of rotatable bonds is 4. The minimum absolute atomic E-state index is 0.0386. The van der Waals surface area contributed by atoms with Crippen molar-refractivity contribution in [1.82, 2.24) is 14.8 Å². The van der Waals surface area contributed by atoms with Gasteiger partial charge >= 0.3 is 0 Å². The standard InChI is InChI=1S/C23H31N3O2/c1-3-25(4-2)19-11-16-28-23(17-19)12-14-26(15-13-23)22(27)21-10-9-18-7-5-6-8-20(18)24-21/h5-10,19H,3-4,11-17H2,1-2H3/t19-/m0/s1. The summed E-state index contributed by atoms with van der Waals surface area (Å²) < 4.78 is 6.29. The minimum Gasteiger partial charge on any atom is -0.375 e. The number of aromatic nitrogens is 1. The highest BCUT2D eigenvalue weighted by Crippen LogP contribution is 2.37. The molecule has 2 aliphatic rings. The monoisotopic (exact) mass is 381 g/mol. The lowest BCUT2D eigenvalue weighted by Crippen LogP contribution is -2.54. The zero-order valence-electron chi connectivity index (χ0n) is 17.1. The molecule has 150 valence electrons. The Kier molecular flexibility index (Phi) is 5.65. The van der Waals surface area contributed by atoms with Crippen molar-refractivity contribution in [3.8, 4) is 0 Å². The van der Waals surface area contributed by atoms with Crippen LogP contribution in [0.4, 0.5) is 0 Å². The van der Waals surface area contributed by atoms with Crippen molar-refractivity contribution in [2.45, 2.75) is 51.2 Å². The highest BCUT2D eigenvalue weighted by Gasteiger charge is 2.42. The maximum absolute atomic E-state index is 13.0. The van der Waals surface area contributed by atoms with Crippen LogP contribution in [-0.4, -0.2) is 65.1 Å². The van der Waals surface area contributed by atoms with E-state index in [1.807, 2.05) is 41.3 Å². The molecular weight excluding hydrogens is 350 g/mol. The van der Waals surface area contributed by atoms with Gasteiger partial charge in [-0.1, -0.05) is 38.1 Å². The van der Waals surface area contributed by atoms with E-state index >= 15 is 0 Å². The van der Waals surface area contributed by atoms with Crippen molar-refractivity contribution in [3.63, 3.8) is 0 Å². The van der Waals surface area contributed by atoms with Crippen molar-refractivity contribution < 1.29 is 9.53 Å². The molecule has 1 amide bonds. The van der Waals surface area contributed by atoms with Crippen LogP contribution in [0.2, 0.25) is 0 Å². The molecule has 0 N–H and O–H groups in total. The molecule has 1 aromatic carbocycles. The van der Waals surface area contributed by atoms with E-state index in [0.717, 1.165) is 69.4 Å². The van der Waals surface area contributed by atoms with E-state index in [1.54, 1.807) is 0 Å². The highest BCUT2D eigenvalue weighted by molar-refractivity contribution is 5.95. The van der Waals surface area contributed by atoms with E-state index in [1.165, 1.54) is 0 Å². The maximum atomic E-state index is 13.0. The minimum atomic E-state index is -0.0564. The van der Waals surface area contributed by atoms with Gasteiger partial charge < -0.3 is 14.5 Å². The van der Waals surface area contributed by atoms with E-state index in [4.69, 9.17) is 4.74 Å². The van der Waals surface area contributed by atoms with Crippen LogP contribution >= 0.6 is 0 Å². The number of amides is 1. The molecule has 1 aromatic heterocycles. The summed E-state index contributed by atoms with van der Waals surface area (Å²) >= 11 is 0. The number of hydrogen-bond acceptors (Lipinski definition) is 4. The van der Waals surface area contributed by atoms with Gasteiger partial charge in [0.2, 0.25) is 0 Å². The van der Waals surface area contributed by atoms with Gasteiger partial charge in [0.25, 0.3) is 5.91 Å². The fourth-order valence-corrected chi connectivity index (χ4v) is 4.87. The Labute approximate surface area is 167 Å². The molecule has 5 heteroatoms. The van der Waals surface area contributed by atoms with Gasteiger partial charge in [-0.05, 0) is 50.9 Å². The highest BCUT2D eigenvalue weighted by atomic mass is 16.5. The second-order valence-electron chi connectivity index (χ2n) is 8.08. The van der Waals surface area contributed by atoms with Crippen LogP contribution in [0, 0.1) is 0 Å². The fraction of sp³-hybridized carbons (Fsp3) is 0.565. The molecule has 2 aliphatic heterocycles. The average Bonchev–Trinajstić information content (AvgIpc) is 2.74. The summed E-state index contributed by atoms with van der Waals surface area (Å²) in [6.07, 6.45) is 4.05. The Morgan fingerprint density at radius 2 is 1.93 bits per heavy atom. The lowest BCUT2D eigenvalue weighted by atomic mass is 9.81. The number of likely N-dealkylation sites (tertiary alicyclic amines) is 1. The normalized spacial score (nSPS) is 22.1. The van der Waals surface area contributed by atoms with Gasteiger partial charge in [0.15, 0.2) is 0 Å². The number of hydrogen-bond donors (Lipinski definition) is 0. The molecule has 2 fully saturated rings. The Morgan fingerprint density at radius 3 is 2.68 bits per heavy atom. The zero-order valence-corrected chi connectivity index (χ0v) is 17.1. The SMILES string of the molecule is CCN(CC)[C@H]1CCOC2(CCN(C(=O)c3ccc4ccccc4n3)CC2)C1. The van der Waals surface area contributed by atoms with Gasteiger partial charge in [0, 0.05) is 31.1 Å². The molecule has 3 heterocycles. The smallest absolute Gasteiger partial charge is 0.272 e. The first-order valence-electron chi connectivity index (χ1n) is 10.7. The lowest BCUT2D eigenvalue weighted by Gasteiger charge is -2.48. The lowest BCUT2D eigenvalue weighted by molar-refractivity contribution is -0.129. The number of benzene rings is 1. The van der Waals surface area contributed by atoms with Crippen LogP contribution in [-0.2, 0) is 4.74 Å². The number of carbonyl (C=O) groups is 1. The molecule has 0 radical (unpaired) electrons. The molecule has 2 saturated heterocycles. The number of piperidine rings is 1. The van der Waals surface area contributed by atoms with Gasteiger partial charge in [0.05, 0.1) is 11.1 Å². The van der Waals surface area contributed by atoms with E-state index in [-0.39, 0.29) is 11.5 Å². The number of nitrogens with zero attached hydrogens (tertiary/aromatic N) is 3. The number of pyridine rings is 1. The largest absolute Gasteiger partial charge is 0.375 e. The number of carbonyl (C=O) groups excluding carboxylic acids is 1. The molecule has 1 atom stereocenters. The predicted octanol–water partition coefficient (Wildman–Crippen LogP) is 3.73. The number of para-hydroxylation sites is 1. The van der Waals surface area contributed by atoms with E-state index in [0.29, 0.717) is 11.7 Å². The Hall–Kier alpha value is -1.98. The molecule has 0 aliphatic carbocycles. The summed E-state index contributed by atoms with van der Waals surface area (Å²) in [5, 5.41) is 1.06. The summed E-state index contributed by atoms with van der Waals surface area (Å²) in [4.78, 5) is 22.1. The second-order valence-corrected chi connectivity index (χ2v) is 8.08. The van der Waals surface area contributed by atoms with Crippen molar-refractivity contribution in [1.29, 1.82) is 0 Å². The van der Waals surface area contributed by atoms with Crippen LogP contribution in [0.15, 0.2) is 36.4 Å². The van der Waals surface area contributed by atoms with Gasteiger partial charge in [-0.3, -0.25) is 4.79 Å². The summed E-state index contributed by atoms with van der Waals surface area (Å²) in [7, 11) is 0. The molecule has 4 rings (SSSR count). The Morgan fingerprint density at radius 1 is 1.18 bits per heavy atom. The van der Waals surface area contributed by atoms with Crippen molar-refractivity contribution in [2.75, 3.05) is 32.8 Å². The molecule has 5 nitrogen and oxygen atoms in total. The van der Waals surface area contributed by atoms with Crippen molar-refractivity contribution in [2.24, 2.45) is 0 Å². The van der Waals surface area contributed by atoms with Crippen LogP contribution in [0.1, 0.15) is 50.0 Å². The van der Waals surface area contributed by atoms with Crippen LogP contribution in [0.3, 0.4) is 0 Å². The van der Waals surface area contributed by atoms with E-state index in [2.05, 4.69) is 23.7 Å². The van der Waals surface area contributed by atoms with Crippen LogP contribution < -0.4 is 0 Å². The molecule has 0 unspecified atom stereocenters. The fourth-order valence-electron chi connectivity index (χ4n) is 4.87. The third kappa shape index (κ3) is 3.78. The second kappa shape index (κ2) is 8.18. The molecule has 1 spiro atoms. The molecule has 0 saturated carbocycles. The summed E-state index contributed by atoms with van der Waals surface area (Å²) in [6.45, 7) is 9.00. The van der Waals surface area contributed by atoms with E-state index in [9.17, 15) is 4.79 Å². The Balaban J connectivity index is 1.42. The summed E-state index contributed by atoms with van der Waals surface area (Å²) in [5.41, 5.74) is 1.36. The molecule has 0 bridgehead atoms. The first kappa shape index (κ1) is 19.3. The maximum Gasteiger partial charge on any atom is 0.272 e. The van der Waals surface area contributed by atoms with Crippen LogP contribution in [0.25, 0.3) is 10.9 Å². The van der Waals surface area contributed by atoms with Gasteiger partial charge in [0.1, 0.15) is 5.69 Å². The third-order valence-electron chi connectivity index (χ3n) is 6.58. The van der Waals surface area contributed by atoms with E-state index < -0.39 is 0 Å². The number of fused-ring (bicyclic) bond motifs is 1. The summed E-state index contributed by atoms with van der Waals surface area (Å²) in [5.74, 6) is 0.0386. The molecule has 2 aromatic rings. The van der Waals surface area contributed by atoms with Gasteiger partial charge in [-0.15, -0.1) is 0 Å². The van der Waals surface area contributed by atoms with Crippen molar-refractivity contribution >= 4 is 16.8 Å². The molecule has 28 heavy (non-hydrogen) atoms. The zero-order chi connectivity index (χ0) is 19.6. The average molecular weight is 382 g/mol. The quantitative estimate of drug-likeness (QED) is 0.810. The summed E-state index contributed by atoms with van der Waals surface area (Å²) in [6, 6.07) is 12.4. The first-order chi connectivity index (χ1) is 13.6. The number of ether oxygens (including phenoxy) is 1. The molecular formula is C23H31N3O2. The first-order valence-corrected chi connectivity index (χ1v) is 10.7. The van der Waals surface area contributed by atoms with Gasteiger partial charge in [-0.25, -0.2) is 4.98 Å². The topological polar surface area (TPSA) is 45.7 Å². The van der Waals surface area contributed by atoms with Gasteiger partial charge in [-0.2, -0.15) is 0 Å². The Bertz CT molecular complexity index is 825. The predicted molar refractivity (Wildman–Crippen MR) is 112 cm³/mol.